The molecule has 0 heterocycles. The SMILES string of the molecule is COC(=O)c1ccc(NC(=O)C(=O)NCC(C)O)cc1. The summed E-state index contributed by atoms with van der Waals surface area (Å²) >= 11 is 0. The minimum atomic E-state index is -0.850. The number of amides is 2. The number of hydrogen-bond donors (Lipinski definition) is 3. The lowest BCUT2D eigenvalue weighted by Crippen LogP contribution is -2.38. The van der Waals surface area contributed by atoms with E-state index in [0.717, 1.165) is 0 Å². The second kappa shape index (κ2) is 7.25. The van der Waals surface area contributed by atoms with Crippen LogP contribution in [0.25, 0.3) is 0 Å². The maximum atomic E-state index is 11.5. The molecule has 0 aromatic heterocycles. The van der Waals surface area contributed by atoms with Crippen LogP contribution in [0.3, 0.4) is 0 Å². The lowest BCUT2D eigenvalue weighted by Gasteiger charge is -2.08. The average Bonchev–Trinajstić information content (AvgIpc) is 2.44. The summed E-state index contributed by atoms with van der Waals surface area (Å²) in [5.74, 6) is -2.18. The van der Waals surface area contributed by atoms with E-state index < -0.39 is 23.9 Å². The number of rotatable bonds is 4. The van der Waals surface area contributed by atoms with Crippen molar-refractivity contribution < 1.29 is 24.2 Å². The number of nitrogens with one attached hydrogen (secondary N) is 2. The summed E-state index contributed by atoms with van der Waals surface area (Å²) in [6.45, 7) is 1.48. The van der Waals surface area contributed by atoms with Gasteiger partial charge in [-0.1, -0.05) is 0 Å². The van der Waals surface area contributed by atoms with Crippen LogP contribution in [0, 0.1) is 0 Å². The Bertz CT molecular complexity index is 496. The molecule has 0 saturated carbocycles. The number of aliphatic hydroxyl groups excluding tert-OH is 1. The molecular weight excluding hydrogens is 264 g/mol. The molecule has 20 heavy (non-hydrogen) atoms. The number of carbonyl (C=O) groups excluding carboxylic acids is 3. The van der Waals surface area contributed by atoms with Gasteiger partial charge in [-0.25, -0.2) is 4.79 Å². The highest BCUT2D eigenvalue weighted by Crippen LogP contribution is 2.10. The molecule has 1 unspecified atom stereocenters. The van der Waals surface area contributed by atoms with Crippen LogP contribution in [0.4, 0.5) is 5.69 Å². The van der Waals surface area contributed by atoms with E-state index in [1.54, 1.807) is 0 Å². The van der Waals surface area contributed by atoms with Gasteiger partial charge >= 0.3 is 17.8 Å². The molecule has 1 atom stereocenters. The van der Waals surface area contributed by atoms with Gasteiger partial charge in [-0.05, 0) is 31.2 Å². The van der Waals surface area contributed by atoms with E-state index in [-0.39, 0.29) is 6.54 Å². The summed E-state index contributed by atoms with van der Waals surface area (Å²) in [6.07, 6.45) is -0.730. The van der Waals surface area contributed by atoms with Crippen LogP contribution in [0.1, 0.15) is 17.3 Å². The Morgan fingerprint density at radius 1 is 1.20 bits per heavy atom. The zero-order chi connectivity index (χ0) is 15.1. The zero-order valence-electron chi connectivity index (χ0n) is 11.2. The van der Waals surface area contributed by atoms with Crippen molar-refractivity contribution in [2.75, 3.05) is 19.0 Å². The normalized spacial score (nSPS) is 11.3. The largest absolute Gasteiger partial charge is 0.465 e. The van der Waals surface area contributed by atoms with E-state index in [9.17, 15) is 14.4 Å². The Labute approximate surface area is 115 Å². The Balaban J connectivity index is 2.58. The van der Waals surface area contributed by atoms with Gasteiger partial charge in [0, 0.05) is 12.2 Å². The van der Waals surface area contributed by atoms with Crippen LogP contribution in [0.2, 0.25) is 0 Å². The quantitative estimate of drug-likeness (QED) is 0.528. The molecule has 3 N–H and O–H groups in total. The van der Waals surface area contributed by atoms with E-state index in [1.165, 1.54) is 38.3 Å². The summed E-state index contributed by atoms with van der Waals surface area (Å²) in [7, 11) is 1.27. The average molecular weight is 280 g/mol. The highest BCUT2D eigenvalue weighted by molar-refractivity contribution is 6.39. The number of carbonyl (C=O) groups is 3. The van der Waals surface area contributed by atoms with Crippen molar-refractivity contribution in [1.82, 2.24) is 5.32 Å². The second-order valence-electron chi connectivity index (χ2n) is 4.08. The minimum absolute atomic E-state index is 0.00642. The standard InChI is InChI=1S/C13H16N2O5/c1-8(16)7-14-11(17)12(18)15-10-5-3-9(4-6-10)13(19)20-2/h3-6,8,16H,7H2,1-2H3,(H,14,17)(H,15,18). The van der Waals surface area contributed by atoms with E-state index in [1.807, 2.05) is 0 Å². The van der Waals surface area contributed by atoms with Gasteiger partial charge in [-0.3, -0.25) is 9.59 Å². The van der Waals surface area contributed by atoms with Crippen molar-refractivity contribution in [2.24, 2.45) is 0 Å². The summed E-state index contributed by atoms with van der Waals surface area (Å²) < 4.78 is 4.54. The molecule has 0 aliphatic carbocycles. The highest BCUT2D eigenvalue weighted by Gasteiger charge is 2.14. The van der Waals surface area contributed by atoms with Gasteiger partial charge in [0.1, 0.15) is 0 Å². The second-order valence-corrected chi connectivity index (χ2v) is 4.08. The van der Waals surface area contributed by atoms with Gasteiger partial charge in [-0.15, -0.1) is 0 Å². The maximum Gasteiger partial charge on any atom is 0.337 e. The first-order valence-corrected chi connectivity index (χ1v) is 5.89. The van der Waals surface area contributed by atoms with E-state index in [0.29, 0.717) is 11.3 Å². The van der Waals surface area contributed by atoms with Gasteiger partial charge in [0.2, 0.25) is 0 Å². The fourth-order valence-electron chi connectivity index (χ4n) is 1.32. The Kier molecular flexibility index (Phi) is 5.67. The molecule has 0 fully saturated rings. The number of ether oxygens (including phenoxy) is 1. The fourth-order valence-corrected chi connectivity index (χ4v) is 1.32. The molecule has 0 aliphatic heterocycles. The Morgan fingerprint density at radius 2 is 1.80 bits per heavy atom. The predicted octanol–water partition coefficient (Wildman–Crippen LogP) is -0.0913. The summed E-state index contributed by atoms with van der Waals surface area (Å²) in [6, 6.07) is 5.89. The topological polar surface area (TPSA) is 105 Å². The van der Waals surface area contributed by atoms with Gasteiger partial charge in [0.05, 0.1) is 18.8 Å². The highest BCUT2D eigenvalue weighted by atomic mass is 16.5. The Morgan fingerprint density at radius 3 is 2.30 bits per heavy atom. The summed E-state index contributed by atoms with van der Waals surface area (Å²) in [5.41, 5.74) is 0.707. The molecule has 1 rings (SSSR count). The molecule has 0 saturated heterocycles. The fraction of sp³-hybridized carbons (Fsp3) is 0.308. The summed E-state index contributed by atoms with van der Waals surface area (Å²) in [4.78, 5) is 34.1. The maximum absolute atomic E-state index is 11.5. The molecule has 0 spiro atoms. The van der Waals surface area contributed by atoms with Crippen molar-refractivity contribution in [3.8, 4) is 0 Å². The number of anilines is 1. The number of aliphatic hydroxyl groups is 1. The predicted molar refractivity (Wildman–Crippen MR) is 71.1 cm³/mol. The number of esters is 1. The van der Waals surface area contributed by atoms with E-state index >= 15 is 0 Å². The molecule has 0 aliphatic rings. The van der Waals surface area contributed by atoms with Gasteiger partial charge in [0.15, 0.2) is 0 Å². The third kappa shape index (κ3) is 4.69. The van der Waals surface area contributed by atoms with Crippen molar-refractivity contribution in [3.05, 3.63) is 29.8 Å². The third-order valence-corrected chi connectivity index (χ3v) is 2.33. The zero-order valence-corrected chi connectivity index (χ0v) is 11.2. The van der Waals surface area contributed by atoms with Crippen LogP contribution in [0.5, 0.6) is 0 Å². The van der Waals surface area contributed by atoms with Crippen molar-refractivity contribution in [3.63, 3.8) is 0 Å². The first-order valence-electron chi connectivity index (χ1n) is 5.89. The van der Waals surface area contributed by atoms with Crippen LogP contribution in [-0.4, -0.2) is 42.6 Å². The lowest BCUT2D eigenvalue weighted by molar-refractivity contribution is -0.136. The molecule has 0 radical (unpaired) electrons. The van der Waals surface area contributed by atoms with Gasteiger partial charge in [0.25, 0.3) is 0 Å². The third-order valence-electron chi connectivity index (χ3n) is 2.33. The first-order chi connectivity index (χ1) is 9.43. The lowest BCUT2D eigenvalue weighted by atomic mass is 10.2. The molecule has 108 valence electrons. The molecular formula is C13H16N2O5. The molecule has 1 aromatic carbocycles. The molecule has 7 nitrogen and oxygen atoms in total. The monoisotopic (exact) mass is 280 g/mol. The van der Waals surface area contributed by atoms with Gasteiger partial charge in [-0.2, -0.15) is 0 Å². The van der Waals surface area contributed by atoms with Crippen molar-refractivity contribution in [2.45, 2.75) is 13.0 Å². The van der Waals surface area contributed by atoms with Crippen LogP contribution < -0.4 is 10.6 Å². The number of hydrogen-bond acceptors (Lipinski definition) is 5. The van der Waals surface area contributed by atoms with Crippen molar-refractivity contribution >= 4 is 23.5 Å². The molecule has 0 bridgehead atoms. The van der Waals surface area contributed by atoms with Crippen molar-refractivity contribution in [1.29, 1.82) is 0 Å². The molecule has 2 amide bonds. The molecule has 7 heteroatoms. The smallest absolute Gasteiger partial charge is 0.337 e. The Hall–Kier alpha value is -2.41. The number of methoxy groups -OCH3 is 1. The van der Waals surface area contributed by atoms with E-state index in [4.69, 9.17) is 5.11 Å². The minimum Gasteiger partial charge on any atom is -0.465 e. The van der Waals surface area contributed by atoms with E-state index in [2.05, 4.69) is 15.4 Å². The van der Waals surface area contributed by atoms with Crippen LogP contribution in [-0.2, 0) is 14.3 Å². The van der Waals surface area contributed by atoms with Crippen LogP contribution in [0.15, 0.2) is 24.3 Å². The van der Waals surface area contributed by atoms with Gasteiger partial charge < -0.3 is 20.5 Å². The van der Waals surface area contributed by atoms with Crippen LogP contribution >= 0.6 is 0 Å². The number of benzene rings is 1. The summed E-state index contributed by atoms with van der Waals surface area (Å²) in [5, 5.41) is 13.6. The molecule has 1 aromatic rings. The first kappa shape index (κ1) is 15.6.